The van der Waals surface area contributed by atoms with Gasteiger partial charge in [0.15, 0.2) is 0 Å². The van der Waals surface area contributed by atoms with Crippen molar-refractivity contribution < 1.29 is 24.7 Å². The molecule has 2 heteroatoms. The zero-order valence-corrected chi connectivity index (χ0v) is 26.0. The molecule has 234 valence electrons. The first-order valence-electron chi connectivity index (χ1n) is 24.7. The molecule has 10 rings (SSSR count). The Kier molecular flexibility index (Phi) is 3.62. The van der Waals surface area contributed by atoms with Gasteiger partial charge in [0.2, 0.25) is 0 Å². The van der Waals surface area contributed by atoms with Crippen molar-refractivity contribution in [2.45, 2.75) is 0 Å². The van der Waals surface area contributed by atoms with Gasteiger partial charge < -0.3 is 9.13 Å². The van der Waals surface area contributed by atoms with Crippen molar-refractivity contribution in [3.8, 4) is 44.8 Å². The predicted octanol–water partition coefficient (Wildman–Crippen LogP) is 12.9. The first kappa shape index (κ1) is 15.7. The number of nitrogens with zero attached hydrogens (tertiary/aromatic N) is 2. The van der Waals surface area contributed by atoms with Crippen LogP contribution in [0.15, 0.2) is 194 Å². The predicted molar refractivity (Wildman–Crippen MR) is 211 cm³/mol. The molecule has 0 saturated heterocycles. The van der Waals surface area contributed by atoms with Crippen LogP contribution in [0.25, 0.3) is 88.4 Å². The van der Waals surface area contributed by atoms with Crippen LogP contribution in [-0.2, 0) is 0 Å². The monoisotopic (exact) mass is 654 g/mol. The van der Waals surface area contributed by atoms with Gasteiger partial charge in [-0.15, -0.1) is 0 Å². The van der Waals surface area contributed by atoms with Crippen molar-refractivity contribution in [1.82, 2.24) is 9.13 Å². The van der Waals surface area contributed by atoms with E-state index in [1.165, 1.54) is 51.6 Å². The molecular weight excluding hydrogens is 605 g/mol. The molecule has 2 aromatic heterocycles. The van der Waals surface area contributed by atoms with Crippen LogP contribution in [0, 0.1) is 0 Å². The van der Waals surface area contributed by atoms with Crippen LogP contribution in [-0.4, -0.2) is 9.13 Å². The minimum Gasteiger partial charge on any atom is -0.309 e. The van der Waals surface area contributed by atoms with Crippen molar-refractivity contribution in [3.05, 3.63) is 194 Å². The molecule has 0 bridgehead atoms. The quantitative estimate of drug-likeness (QED) is 0.175. The summed E-state index contributed by atoms with van der Waals surface area (Å²) in [5.74, 6) is 0. The lowest BCUT2D eigenvalue weighted by Crippen LogP contribution is -1.97. The van der Waals surface area contributed by atoms with Gasteiger partial charge in [0.25, 0.3) is 0 Å². The van der Waals surface area contributed by atoms with Crippen LogP contribution >= 0.6 is 0 Å². The second kappa shape index (κ2) is 11.5. The number of rotatable bonds is 5. The van der Waals surface area contributed by atoms with Crippen molar-refractivity contribution in [1.29, 1.82) is 0 Å². The molecule has 0 atom stereocenters. The molecule has 0 amide bonds. The van der Waals surface area contributed by atoms with E-state index in [0.717, 1.165) is 0 Å². The van der Waals surface area contributed by atoms with Crippen molar-refractivity contribution in [3.63, 3.8) is 0 Å². The van der Waals surface area contributed by atoms with Gasteiger partial charge in [-0.1, -0.05) is 139 Å². The third-order valence-electron chi connectivity index (χ3n) is 8.77. The standard InChI is InChI=1S/C48H32N2/c1-3-13-33(14-4-1)34-23-27-38(28-24-34)49-45-21-11-8-18-40(45)42-31-36(25-29-47(42)49)37-26-30-48-43(32-37)41-19-9-12-22-46(41)50(48)44-20-10-7-17-39(44)35-15-5-2-6-16-35/h1-32H/i1D,2D,7D,8D,9D,11D,12D,13D,18D,19D,21D,22D,25D,26D,29D,30D,31D,32D. The Hall–Kier alpha value is -6.64. The Balaban J connectivity index is 1.33. The Labute approximate surface area is 316 Å². The molecule has 0 spiro atoms. The van der Waals surface area contributed by atoms with Crippen LogP contribution in [0.1, 0.15) is 24.7 Å². The summed E-state index contributed by atoms with van der Waals surface area (Å²) in [4.78, 5) is 0. The second-order valence-electron chi connectivity index (χ2n) is 11.5. The molecule has 0 aliphatic rings. The number of fused-ring (bicyclic) bond motifs is 6. The first-order chi connectivity index (χ1) is 32.3. The number of hydrogen-bond donors (Lipinski definition) is 0. The van der Waals surface area contributed by atoms with Crippen LogP contribution in [0.4, 0.5) is 0 Å². The van der Waals surface area contributed by atoms with E-state index in [0.29, 0.717) is 22.3 Å². The highest BCUT2D eigenvalue weighted by Gasteiger charge is 2.17. The summed E-state index contributed by atoms with van der Waals surface area (Å²) in [5, 5.41) is -0.830. The summed E-state index contributed by atoms with van der Waals surface area (Å²) >= 11 is 0. The maximum Gasteiger partial charge on any atom is 0.0645 e. The smallest absolute Gasteiger partial charge is 0.0645 e. The maximum absolute atomic E-state index is 9.87. The Morgan fingerprint density at radius 3 is 1.58 bits per heavy atom. The molecule has 2 heterocycles. The molecule has 0 radical (unpaired) electrons. The molecule has 50 heavy (non-hydrogen) atoms. The second-order valence-corrected chi connectivity index (χ2v) is 11.5. The minimum absolute atomic E-state index is 0.0757. The third kappa shape index (κ3) is 4.50. The first-order valence-corrected chi connectivity index (χ1v) is 15.7. The summed E-state index contributed by atoms with van der Waals surface area (Å²) in [5.41, 5.74) is 0.865. The van der Waals surface area contributed by atoms with Gasteiger partial charge in [-0.05, 0) is 82.3 Å². The normalized spacial score (nSPS) is 16.6. The lowest BCUT2D eigenvalue weighted by molar-refractivity contribution is 1.18. The van der Waals surface area contributed by atoms with Gasteiger partial charge in [-0.3, -0.25) is 0 Å². The van der Waals surface area contributed by atoms with E-state index in [1.54, 1.807) is 42.5 Å². The summed E-state index contributed by atoms with van der Waals surface area (Å²) in [6.07, 6.45) is 0. The number of hydrogen-bond acceptors (Lipinski definition) is 0. The third-order valence-corrected chi connectivity index (χ3v) is 8.77. The lowest BCUT2D eigenvalue weighted by Gasteiger charge is -2.14. The largest absolute Gasteiger partial charge is 0.309 e. The van der Waals surface area contributed by atoms with E-state index in [9.17, 15) is 11.0 Å². The lowest BCUT2D eigenvalue weighted by atomic mass is 10.0. The van der Waals surface area contributed by atoms with Crippen molar-refractivity contribution >= 4 is 43.6 Å². The van der Waals surface area contributed by atoms with Crippen LogP contribution < -0.4 is 0 Å². The molecule has 2 nitrogen and oxygen atoms in total. The zero-order valence-electron chi connectivity index (χ0n) is 44.0. The maximum atomic E-state index is 9.87. The summed E-state index contributed by atoms with van der Waals surface area (Å²) < 4.78 is 165. The number of aromatic nitrogens is 2. The SMILES string of the molecule is [2H]c1ccc(-c2cc([2H])ccc2-n2c3c([2H])c([2H])c([2H])c([2H])c3c3c([2H])c(-c4c([2H])c([2H])c5c(c4[2H])c4c([2H])c([2H])c([2H])c([2H])c4n5-c4ccc(-c5ccc([2H])cc5[2H])cc4)c([2H])c([2H])c32)cc1. The molecule has 0 aliphatic heterocycles. The van der Waals surface area contributed by atoms with E-state index in [-0.39, 0.29) is 79.2 Å². The fraction of sp³-hybridized carbons (Fsp3) is 0. The van der Waals surface area contributed by atoms with E-state index >= 15 is 0 Å². The average molecular weight is 655 g/mol. The summed E-state index contributed by atoms with van der Waals surface area (Å²) in [7, 11) is 0. The summed E-state index contributed by atoms with van der Waals surface area (Å²) in [6.45, 7) is 0. The molecule has 10 aromatic rings. The van der Waals surface area contributed by atoms with Crippen LogP contribution in [0.2, 0.25) is 0 Å². The highest BCUT2D eigenvalue weighted by molar-refractivity contribution is 6.13. The molecule has 0 N–H and O–H groups in total. The van der Waals surface area contributed by atoms with Gasteiger partial charge >= 0.3 is 0 Å². The molecule has 0 fully saturated rings. The van der Waals surface area contributed by atoms with Gasteiger partial charge in [-0.25, -0.2) is 0 Å². The zero-order chi connectivity index (χ0) is 48.7. The van der Waals surface area contributed by atoms with Gasteiger partial charge in [0, 0.05) is 32.8 Å². The van der Waals surface area contributed by atoms with Crippen LogP contribution in [0.5, 0.6) is 0 Å². The highest BCUT2D eigenvalue weighted by atomic mass is 15.0. The molecule has 8 aromatic carbocycles. The average Bonchev–Trinajstić information content (AvgIpc) is 3.87. The topological polar surface area (TPSA) is 9.86 Å². The van der Waals surface area contributed by atoms with Gasteiger partial charge in [0.1, 0.15) is 0 Å². The van der Waals surface area contributed by atoms with E-state index in [4.69, 9.17) is 13.7 Å². The fourth-order valence-electron chi connectivity index (χ4n) is 6.51. The number of benzene rings is 8. The van der Waals surface area contributed by atoms with Crippen LogP contribution in [0.3, 0.4) is 0 Å². The van der Waals surface area contributed by atoms with Crippen molar-refractivity contribution in [2.75, 3.05) is 0 Å². The Morgan fingerprint density at radius 2 is 0.900 bits per heavy atom. The fourth-order valence-corrected chi connectivity index (χ4v) is 6.51. The van der Waals surface area contributed by atoms with Gasteiger partial charge in [0.05, 0.1) is 52.4 Å². The highest BCUT2D eigenvalue weighted by Crippen LogP contribution is 2.40. The molecule has 0 saturated carbocycles. The van der Waals surface area contributed by atoms with E-state index in [1.807, 2.05) is 0 Å². The van der Waals surface area contributed by atoms with E-state index < -0.39 is 95.7 Å². The Bertz CT molecular complexity index is 3870. The summed E-state index contributed by atoms with van der Waals surface area (Å²) in [6, 6.07) is 13.9. The Morgan fingerprint density at radius 1 is 0.340 bits per heavy atom. The van der Waals surface area contributed by atoms with Crippen molar-refractivity contribution in [2.24, 2.45) is 0 Å². The van der Waals surface area contributed by atoms with E-state index in [2.05, 4.69) is 0 Å². The molecule has 0 unspecified atom stereocenters. The number of para-hydroxylation sites is 3. The molecular formula is C48H32N2. The molecule has 0 aliphatic carbocycles. The van der Waals surface area contributed by atoms with Gasteiger partial charge in [-0.2, -0.15) is 0 Å². The minimum atomic E-state index is -0.701.